The number of piperidine rings is 1. The van der Waals surface area contributed by atoms with Crippen LogP contribution in [0.5, 0.6) is 0 Å². The number of hydrogen-bond donors (Lipinski definition) is 2. The van der Waals surface area contributed by atoms with E-state index in [4.69, 9.17) is 0 Å². The fourth-order valence-electron chi connectivity index (χ4n) is 3.34. The van der Waals surface area contributed by atoms with Crippen molar-refractivity contribution in [1.82, 2.24) is 5.32 Å². The van der Waals surface area contributed by atoms with E-state index in [1.807, 2.05) is 18.2 Å². The monoisotopic (exact) mass is 288 g/mol. The van der Waals surface area contributed by atoms with Crippen LogP contribution in [0.2, 0.25) is 0 Å². The Labute approximate surface area is 128 Å². The van der Waals surface area contributed by atoms with Crippen molar-refractivity contribution in [1.29, 1.82) is 0 Å². The van der Waals surface area contributed by atoms with Crippen LogP contribution in [0, 0.1) is 5.41 Å². The van der Waals surface area contributed by atoms with Gasteiger partial charge in [-0.05, 0) is 49.9 Å². The molecule has 1 aromatic carbocycles. The summed E-state index contributed by atoms with van der Waals surface area (Å²) in [5.41, 5.74) is 2.00. The molecule has 1 heterocycles. The summed E-state index contributed by atoms with van der Waals surface area (Å²) in [6.45, 7) is 8.38. The predicted octanol–water partition coefficient (Wildman–Crippen LogP) is 3.92. The zero-order valence-electron chi connectivity index (χ0n) is 13.5. The molecule has 1 aliphatic rings. The molecule has 21 heavy (non-hydrogen) atoms. The van der Waals surface area contributed by atoms with Crippen molar-refractivity contribution in [2.75, 3.05) is 18.4 Å². The summed E-state index contributed by atoms with van der Waals surface area (Å²) in [6, 6.07) is 8.16. The molecule has 2 N–H and O–H groups in total. The predicted molar refractivity (Wildman–Crippen MR) is 88.6 cm³/mol. The van der Waals surface area contributed by atoms with Crippen LogP contribution in [0.1, 0.15) is 57.9 Å². The largest absolute Gasteiger partial charge is 0.325 e. The van der Waals surface area contributed by atoms with E-state index in [-0.39, 0.29) is 11.3 Å². The second-order valence-corrected chi connectivity index (χ2v) is 6.48. The number of carbonyl (C=O) groups is 1. The Bertz CT molecular complexity index is 470. The first-order valence-electron chi connectivity index (χ1n) is 8.20. The van der Waals surface area contributed by atoms with Gasteiger partial charge in [0, 0.05) is 5.69 Å². The number of benzene rings is 1. The molecule has 0 radical (unpaired) electrons. The number of carbonyl (C=O) groups excluding carboxylic acids is 1. The molecule has 0 unspecified atom stereocenters. The van der Waals surface area contributed by atoms with Crippen LogP contribution in [-0.2, 0) is 4.79 Å². The molecular formula is C18H28N2O. The highest BCUT2D eigenvalue weighted by Gasteiger charge is 2.38. The molecule has 0 spiro atoms. The summed E-state index contributed by atoms with van der Waals surface area (Å²) >= 11 is 0. The second-order valence-electron chi connectivity index (χ2n) is 6.48. The molecule has 0 aliphatic carbocycles. The van der Waals surface area contributed by atoms with Gasteiger partial charge in [-0.15, -0.1) is 0 Å². The lowest BCUT2D eigenvalue weighted by atomic mass is 9.74. The summed E-state index contributed by atoms with van der Waals surface area (Å²) in [5.74, 6) is 0.621. The van der Waals surface area contributed by atoms with Crippen LogP contribution in [-0.4, -0.2) is 19.0 Å². The van der Waals surface area contributed by atoms with Crippen LogP contribution in [0.15, 0.2) is 24.3 Å². The molecule has 116 valence electrons. The highest BCUT2D eigenvalue weighted by atomic mass is 16.2. The first-order chi connectivity index (χ1) is 10.1. The van der Waals surface area contributed by atoms with Crippen molar-refractivity contribution in [2.24, 2.45) is 5.41 Å². The van der Waals surface area contributed by atoms with Gasteiger partial charge in [-0.1, -0.05) is 45.4 Å². The maximum atomic E-state index is 12.9. The van der Waals surface area contributed by atoms with Crippen molar-refractivity contribution >= 4 is 11.6 Å². The fraction of sp³-hybridized carbons (Fsp3) is 0.611. The van der Waals surface area contributed by atoms with Gasteiger partial charge in [0.05, 0.1) is 5.41 Å². The molecule has 1 saturated heterocycles. The third-order valence-electron chi connectivity index (χ3n) is 4.60. The smallest absolute Gasteiger partial charge is 0.230 e. The Morgan fingerprint density at radius 2 is 1.95 bits per heavy atom. The van der Waals surface area contributed by atoms with E-state index in [1.54, 1.807) is 0 Å². The lowest BCUT2D eigenvalue weighted by molar-refractivity contribution is -0.127. The van der Waals surface area contributed by atoms with Gasteiger partial charge >= 0.3 is 0 Å². The number of anilines is 1. The Morgan fingerprint density at radius 1 is 1.29 bits per heavy atom. The average molecular weight is 288 g/mol. The zero-order chi connectivity index (χ0) is 15.3. The summed E-state index contributed by atoms with van der Waals surface area (Å²) in [6.07, 6.45) is 3.91. The maximum absolute atomic E-state index is 12.9. The molecule has 0 bridgehead atoms. The van der Waals surface area contributed by atoms with Gasteiger partial charge in [-0.3, -0.25) is 4.79 Å². The highest BCUT2D eigenvalue weighted by molar-refractivity contribution is 5.96. The lowest BCUT2D eigenvalue weighted by Gasteiger charge is -2.36. The normalized spacial score (nSPS) is 17.7. The minimum atomic E-state index is -0.190. The summed E-state index contributed by atoms with van der Waals surface area (Å²) < 4.78 is 0. The number of amides is 1. The van der Waals surface area contributed by atoms with E-state index in [0.29, 0.717) is 5.92 Å². The molecule has 2 rings (SSSR count). The Morgan fingerprint density at radius 3 is 2.57 bits per heavy atom. The van der Waals surface area contributed by atoms with Crippen LogP contribution in [0.3, 0.4) is 0 Å². The number of para-hydroxylation sites is 1. The van der Waals surface area contributed by atoms with Crippen LogP contribution in [0.4, 0.5) is 5.69 Å². The second kappa shape index (κ2) is 7.08. The van der Waals surface area contributed by atoms with Crippen molar-refractivity contribution in [3.05, 3.63) is 29.8 Å². The van der Waals surface area contributed by atoms with E-state index >= 15 is 0 Å². The summed E-state index contributed by atoms with van der Waals surface area (Å²) in [5, 5.41) is 6.59. The molecule has 1 amide bonds. The summed E-state index contributed by atoms with van der Waals surface area (Å²) in [4.78, 5) is 12.9. The van der Waals surface area contributed by atoms with Crippen molar-refractivity contribution in [2.45, 2.75) is 52.4 Å². The molecule has 3 nitrogen and oxygen atoms in total. The minimum Gasteiger partial charge on any atom is -0.325 e. The van der Waals surface area contributed by atoms with Crippen molar-refractivity contribution < 1.29 is 4.79 Å². The minimum absolute atomic E-state index is 0.190. The van der Waals surface area contributed by atoms with E-state index in [9.17, 15) is 4.79 Å². The number of rotatable bonds is 5. The zero-order valence-corrected chi connectivity index (χ0v) is 13.5. The van der Waals surface area contributed by atoms with Crippen LogP contribution in [0.25, 0.3) is 0 Å². The van der Waals surface area contributed by atoms with Crippen molar-refractivity contribution in [3.63, 3.8) is 0 Å². The first kappa shape index (κ1) is 16.0. The van der Waals surface area contributed by atoms with E-state index in [1.165, 1.54) is 5.56 Å². The molecule has 1 aromatic rings. The molecule has 3 heteroatoms. The number of nitrogens with one attached hydrogen (secondary N) is 2. The quantitative estimate of drug-likeness (QED) is 0.862. The Kier molecular flexibility index (Phi) is 5.40. The van der Waals surface area contributed by atoms with E-state index < -0.39 is 0 Å². The summed E-state index contributed by atoms with van der Waals surface area (Å²) in [7, 11) is 0. The number of hydrogen-bond acceptors (Lipinski definition) is 2. The van der Waals surface area contributed by atoms with Gasteiger partial charge in [0.2, 0.25) is 5.91 Å². The van der Waals surface area contributed by atoms with Gasteiger partial charge in [0.15, 0.2) is 0 Å². The molecule has 1 fully saturated rings. The van der Waals surface area contributed by atoms with Crippen molar-refractivity contribution in [3.8, 4) is 0 Å². The molecule has 0 aromatic heterocycles. The van der Waals surface area contributed by atoms with E-state index in [0.717, 1.165) is 44.5 Å². The van der Waals surface area contributed by atoms with Crippen LogP contribution >= 0.6 is 0 Å². The standard InChI is InChI=1S/C18H28N2O/c1-4-9-18(10-12-19-13-11-18)17(21)20-16-8-6-5-7-15(16)14(2)3/h5-8,14,19H,4,9-13H2,1-3H3,(H,20,21). The van der Waals surface area contributed by atoms with Gasteiger partial charge < -0.3 is 10.6 Å². The van der Waals surface area contributed by atoms with Gasteiger partial charge in [0.1, 0.15) is 0 Å². The molecular weight excluding hydrogens is 260 g/mol. The lowest BCUT2D eigenvalue weighted by Crippen LogP contribution is -2.45. The highest BCUT2D eigenvalue weighted by Crippen LogP contribution is 2.36. The van der Waals surface area contributed by atoms with E-state index in [2.05, 4.69) is 37.5 Å². The first-order valence-corrected chi connectivity index (χ1v) is 8.20. The van der Waals surface area contributed by atoms with Gasteiger partial charge in [-0.25, -0.2) is 0 Å². The van der Waals surface area contributed by atoms with Crippen LogP contribution < -0.4 is 10.6 Å². The maximum Gasteiger partial charge on any atom is 0.230 e. The molecule has 1 aliphatic heterocycles. The van der Waals surface area contributed by atoms with Gasteiger partial charge in [-0.2, -0.15) is 0 Å². The third kappa shape index (κ3) is 3.65. The fourth-order valence-corrected chi connectivity index (χ4v) is 3.34. The van der Waals surface area contributed by atoms with Gasteiger partial charge in [0.25, 0.3) is 0 Å². The topological polar surface area (TPSA) is 41.1 Å². The molecule has 0 saturated carbocycles. The Balaban J connectivity index is 2.19. The third-order valence-corrected chi connectivity index (χ3v) is 4.60. The molecule has 0 atom stereocenters. The SMILES string of the molecule is CCCC1(C(=O)Nc2ccccc2C(C)C)CCNCC1. The average Bonchev–Trinajstić information content (AvgIpc) is 2.49. The Hall–Kier alpha value is -1.35.